The van der Waals surface area contributed by atoms with Gasteiger partial charge in [0.05, 0.1) is 24.0 Å². The summed E-state index contributed by atoms with van der Waals surface area (Å²) in [6.07, 6.45) is -5.03. The fourth-order valence-corrected chi connectivity index (χ4v) is 7.71. The zero-order chi connectivity index (χ0) is 35.1. The Balaban J connectivity index is 1.38. The highest BCUT2D eigenvalue weighted by Gasteiger charge is 2.30. The Hall–Kier alpha value is -3.58. The van der Waals surface area contributed by atoms with Crippen molar-refractivity contribution in [3.05, 3.63) is 94.0 Å². The lowest BCUT2D eigenvalue weighted by Crippen LogP contribution is -2.45. The number of thiazole rings is 1. The van der Waals surface area contributed by atoms with Crippen LogP contribution in [0.25, 0.3) is 10.6 Å². The van der Waals surface area contributed by atoms with Crippen LogP contribution >= 0.6 is 23.1 Å². The molecule has 12 heteroatoms. The van der Waals surface area contributed by atoms with Crippen molar-refractivity contribution >= 4 is 29.1 Å². The predicted octanol–water partition coefficient (Wildman–Crippen LogP) is 8.69. The third-order valence-electron chi connectivity index (χ3n) is 8.02. The lowest BCUT2D eigenvalue weighted by Gasteiger charge is -2.36. The number of ether oxygens (including phenoxy) is 3. The van der Waals surface area contributed by atoms with Crippen molar-refractivity contribution in [1.82, 2.24) is 15.2 Å². The second-order valence-corrected chi connectivity index (χ2v) is 14.3. The highest BCUT2D eigenvalue weighted by atomic mass is 32.2. The van der Waals surface area contributed by atoms with Crippen LogP contribution in [-0.2, 0) is 28.0 Å². The molecule has 1 saturated heterocycles. The van der Waals surface area contributed by atoms with Gasteiger partial charge in [0.1, 0.15) is 16.5 Å². The molecule has 262 valence electrons. The molecule has 5 rings (SSSR count). The molecule has 0 saturated carbocycles. The number of carbonyl (C=O) groups excluding carboxylic acids is 1. The largest absolute Gasteiger partial charge is 0.491 e. The first-order valence-corrected chi connectivity index (χ1v) is 18.2. The summed E-state index contributed by atoms with van der Waals surface area (Å²) in [7, 11) is 0. The maximum Gasteiger partial charge on any atom is 0.416 e. The van der Waals surface area contributed by atoms with Crippen LogP contribution in [-0.4, -0.2) is 54.3 Å². The number of aryl methyl sites for hydroxylation is 1. The van der Waals surface area contributed by atoms with Gasteiger partial charge < -0.3 is 19.5 Å². The Kier molecular flexibility index (Phi) is 12.3. The third kappa shape index (κ3) is 9.78. The van der Waals surface area contributed by atoms with Crippen molar-refractivity contribution in [1.29, 1.82) is 0 Å². The first-order chi connectivity index (χ1) is 23.4. The number of hydrogen-bond donors (Lipinski definition) is 1. The molecule has 2 heterocycles. The minimum Gasteiger partial charge on any atom is -0.491 e. The van der Waals surface area contributed by atoms with E-state index in [1.165, 1.54) is 29.0 Å². The molecule has 2 atom stereocenters. The summed E-state index contributed by atoms with van der Waals surface area (Å²) in [5.41, 5.74) is 2.95. The number of hydrogen-bond acceptors (Lipinski definition) is 9. The van der Waals surface area contributed by atoms with E-state index in [9.17, 15) is 18.0 Å². The van der Waals surface area contributed by atoms with Crippen LogP contribution in [0.1, 0.15) is 61.0 Å². The van der Waals surface area contributed by atoms with Gasteiger partial charge in [0.25, 0.3) is 0 Å². The molecule has 0 aliphatic carbocycles. The Morgan fingerprint density at radius 2 is 1.80 bits per heavy atom. The van der Waals surface area contributed by atoms with Gasteiger partial charge in [-0.1, -0.05) is 24.3 Å². The van der Waals surface area contributed by atoms with Gasteiger partial charge in [-0.2, -0.15) is 13.2 Å². The monoisotopic (exact) mass is 713 g/mol. The number of nitrogens with zero attached hydrogens (tertiary/aromatic N) is 2. The van der Waals surface area contributed by atoms with Gasteiger partial charge in [-0.25, -0.2) is 9.78 Å². The maximum atomic E-state index is 13.3. The van der Waals surface area contributed by atoms with E-state index in [4.69, 9.17) is 19.2 Å². The van der Waals surface area contributed by atoms with E-state index in [0.29, 0.717) is 28.6 Å². The number of esters is 1. The van der Waals surface area contributed by atoms with E-state index in [1.54, 1.807) is 25.6 Å². The predicted molar refractivity (Wildman–Crippen MR) is 188 cm³/mol. The van der Waals surface area contributed by atoms with Crippen LogP contribution in [0.3, 0.4) is 0 Å². The fraction of sp³-hybridized carbons (Fsp3) is 0.405. The molecule has 0 radical (unpaired) electrons. The maximum absolute atomic E-state index is 13.3. The van der Waals surface area contributed by atoms with Crippen molar-refractivity contribution in [2.75, 3.05) is 26.2 Å². The Morgan fingerprint density at radius 3 is 2.45 bits per heavy atom. The van der Waals surface area contributed by atoms with Gasteiger partial charge in [0, 0.05) is 53.3 Å². The summed E-state index contributed by atoms with van der Waals surface area (Å²) < 4.78 is 56.6. The van der Waals surface area contributed by atoms with Gasteiger partial charge in [-0.15, -0.1) is 23.1 Å². The molecule has 49 heavy (non-hydrogen) atoms. The Bertz CT molecular complexity index is 1690. The number of halogens is 3. The Labute approximate surface area is 294 Å². The summed E-state index contributed by atoms with van der Waals surface area (Å²) in [5.74, 6) is 1.66. The van der Waals surface area contributed by atoms with Crippen molar-refractivity contribution in [3.8, 4) is 22.1 Å². The van der Waals surface area contributed by atoms with Crippen LogP contribution in [0.2, 0.25) is 0 Å². The van der Waals surface area contributed by atoms with Crippen molar-refractivity contribution < 1.29 is 32.2 Å². The number of thioether (sulfide) groups is 1. The van der Waals surface area contributed by atoms with E-state index in [-0.39, 0.29) is 18.8 Å². The highest BCUT2D eigenvalue weighted by Crippen LogP contribution is 2.37. The number of nitrogens with one attached hydrogen (secondary N) is 1. The molecule has 1 fully saturated rings. The van der Waals surface area contributed by atoms with Crippen molar-refractivity contribution in [2.45, 2.75) is 76.2 Å². The molecule has 7 nitrogen and oxygen atoms in total. The number of carbonyl (C=O) groups is 1. The topological polar surface area (TPSA) is 72.9 Å². The molecule has 0 spiro atoms. The zero-order valence-corrected chi connectivity index (χ0v) is 29.9. The number of piperazine rings is 1. The minimum absolute atomic E-state index is 0.0914. The lowest BCUT2D eigenvalue weighted by molar-refractivity contribution is -0.150. The molecule has 2 unspecified atom stereocenters. The number of alkyl halides is 3. The quantitative estimate of drug-likeness (QED) is 0.109. The van der Waals surface area contributed by atoms with Gasteiger partial charge in [-0.05, 0) is 88.2 Å². The molecule has 0 amide bonds. The molecular formula is C37H42F3N3O4S2. The molecule has 1 aromatic heterocycles. The van der Waals surface area contributed by atoms with Gasteiger partial charge in [0.2, 0.25) is 0 Å². The number of benzene rings is 3. The van der Waals surface area contributed by atoms with Gasteiger partial charge >= 0.3 is 12.1 Å². The fourth-order valence-electron chi connectivity index (χ4n) is 5.53. The van der Waals surface area contributed by atoms with E-state index in [2.05, 4.69) is 22.3 Å². The van der Waals surface area contributed by atoms with Crippen molar-refractivity contribution in [3.63, 3.8) is 0 Å². The number of aromatic nitrogens is 1. The minimum atomic E-state index is -4.40. The van der Waals surface area contributed by atoms with E-state index in [0.717, 1.165) is 58.5 Å². The molecule has 1 N–H and O–H groups in total. The van der Waals surface area contributed by atoms with E-state index < -0.39 is 23.8 Å². The molecule has 3 aromatic carbocycles. The second-order valence-electron chi connectivity index (χ2n) is 12.1. The first-order valence-electron chi connectivity index (χ1n) is 16.4. The second kappa shape index (κ2) is 16.4. The first kappa shape index (κ1) is 36.7. The summed E-state index contributed by atoms with van der Waals surface area (Å²) >= 11 is 3.17. The van der Waals surface area contributed by atoms with Gasteiger partial charge in [0.15, 0.2) is 6.10 Å². The van der Waals surface area contributed by atoms with Crippen LogP contribution in [0, 0.1) is 6.92 Å². The zero-order valence-electron chi connectivity index (χ0n) is 28.3. The molecule has 1 aliphatic heterocycles. The smallest absolute Gasteiger partial charge is 0.416 e. The Morgan fingerprint density at radius 1 is 1.06 bits per heavy atom. The van der Waals surface area contributed by atoms with Crippen LogP contribution in [0.15, 0.2) is 71.6 Å². The normalized spacial score (nSPS) is 16.1. The molecule has 4 aromatic rings. The van der Waals surface area contributed by atoms with Crippen LogP contribution in [0.4, 0.5) is 13.2 Å². The summed E-state index contributed by atoms with van der Waals surface area (Å²) in [4.78, 5) is 21.6. The average molecular weight is 714 g/mol. The van der Waals surface area contributed by atoms with Crippen molar-refractivity contribution in [2.24, 2.45) is 0 Å². The van der Waals surface area contributed by atoms with Crippen LogP contribution < -0.4 is 14.8 Å². The van der Waals surface area contributed by atoms with E-state index >= 15 is 0 Å². The third-order valence-corrected chi connectivity index (χ3v) is 10.4. The highest BCUT2D eigenvalue weighted by molar-refractivity contribution is 7.98. The van der Waals surface area contributed by atoms with E-state index in [1.807, 2.05) is 51.1 Å². The SMILES string of the molecule is CCOC(=O)C(C)Oc1ccc(SCc2sc(-c3ccc(C(F)(F)F)cc3)nc2CN2CCNCC2c2ccc(OC(C)C)cc2)cc1C. The van der Waals surface area contributed by atoms with Gasteiger partial charge in [-0.3, -0.25) is 4.90 Å². The average Bonchev–Trinajstić information content (AvgIpc) is 3.47. The standard InChI is InChI=1S/C37H42F3N3O4S2/c1-6-45-36(44)25(5)47-33-16-15-30(19-24(33)4)48-22-34-31(42-35(49-34)27-7-11-28(12-8-27)37(38,39)40)21-43-18-17-41-20-32(43)26-9-13-29(14-10-26)46-23(2)3/h7-16,19,23,25,32,41H,6,17-18,20-22H2,1-5H3. The molecule has 0 bridgehead atoms. The number of rotatable bonds is 13. The summed E-state index contributed by atoms with van der Waals surface area (Å²) in [5, 5.41) is 4.21. The molecule has 1 aliphatic rings. The summed E-state index contributed by atoms with van der Waals surface area (Å²) in [6.45, 7) is 12.7. The molecular weight excluding hydrogens is 672 g/mol. The summed E-state index contributed by atoms with van der Waals surface area (Å²) in [6, 6.07) is 19.4. The lowest BCUT2D eigenvalue weighted by atomic mass is 10.0. The van der Waals surface area contributed by atoms with Crippen LogP contribution in [0.5, 0.6) is 11.5 Å².